The number of pyridine rings is 1. The first kappa shape index (κ1) is 31.5. The van der Waals surface area contributed by atoms with Gasteiger partial charge in [0.1, 0.15) is 6.29 Å². The Labute approximate surface area is 218 Å². The molecule has 214 valence electrons. The molecule has 0 aliphatic rings. The van der Waals surface area contributed by atoms with E-state index in [2.05, 4.69) is 21.8 Å². The van der Waals surface area contributed by atoms with Crippen LogP contribution in [0, 0.1) is 0 Å². The molecule has 0 aliphatic carbocycles. The van der Waals surface area contributed by atoms with Crippen LogP contribution in [0.25, 0.3) is 11.6 Å². The highest BCUT2D eigenvalue weighted by Gasteiger charge is 2.61. The van der Waals surface area contributed by atoms with Crippen molar-refractivity contribution in [3.63, 3.8) is 0 Å². The Kier molecular flexibility index (Phi) is 10.4. The number of nitrogen functional groups attached to an aromatic ring is 1. The van der Waals surface area contributed by atoms with Crippen molar-refractivity contribution in [3.05, 3.63) is 47.5 Å². The van der Waals surface area contributed by atoms with Crippen molar-refractivity contribution < 1.29 is 50.2 Å². The number of aldehydes is 1. The largest absolute Gasteiger partial charge is 0.481 e. The summed E-state index contributed by atoms with van der Waals surface area (Å²) in [5, 5.41) is 15.9. The van der Waals surface area contributed by atoms with E-state index in [4.69, 9.17) is 20.0 Å². The quantitative estimate of drug-likeness (QED) is 0.133. The Hall–Kier alpha value is -3.75. The number of carboxylic acid groups (broad SMARTS) is 1. The summed E-state index contributed by atoms with van der Waals surface area (Å²) in [6.45, 7) is 4.86. The summed E-state index contributed by atoms with van der Waals surface area (Å²) >= 11 is 0. The minimum atomic E-state index is -5.15. The number of unbranched alkanes of at least 4 members (excludes halogenated alkanes) is 2. The number of anilines is 1. The molecular weight excluding hydrogens is 538 g/mol. The molecule has 0 aliphatic heterocycles. The summed E-state index contributed by atoms with van der Waals surface area (Å²) in [6, 6.07) is 0.386. The first-order valence-electron chi connectivity index (χ1n) is 11.6. The number of allylic oxidation sites excluding steroid dienone is 1. The first-order valence-corrected chi connectivity index (χ1v) is 11.6. The molecule has 2 aromatic heterocycles. The normalized spacial score (nSPS) is 14.2. The minimum Gasteiger partial charge on any atom is -0.481 e. The first-order chi connectivity index (χ1) is 18.2. The zero-order valence-corrected chi connectivity index (χ0v) is 20.7. The van der Waals surface area contributed by atoms with E-state index >= 15 is 0 Å². The van der Waals surface area contributed by atoms with E-state index in [9.17, 15) is 35.9 Å². The van der Waals surface area contributed by atoms with Crippen LogP contribution in [0.3, 0.4) is 0 Å². The van der Waals surface area contributed by atoms with E-state index in [1.807, 2.05) is 6.92 Å². The number of aliphatic carboxylic acids is 1. The SMILES string of the molecule is C=C/C(=C\CCC)COC(CCCC=O)(c1nnc(-c2nc(CC(=O)O)c(C(F)(F)F)cc2N)o1)C(F)(F)F. The van der Waals surface area contributed by atoms with Crippen LogP contribution < -0.4 is 5.73 Å². The molecule has 2 aromatic rings. The van der Waals surface area contributed by atoms with Crippen molar-refractivity contribution in [1.82, 2.24) is 15.2 Å². The lowest BCUT2D eigenvalue weighted by atomic mass is 9.95. The summed E-state index contributed by atoms with van der Waals surface area (Å²) in [7, 11) is 0. The van der Waals surface area contributed by atoms with Crippen LogP contribution in [0.2, 0.25) is 0 Å². The van der Waals surface area contributed by atoms with E-state index in [0.29, 0.717) is 30.8 Å². The smallest absolute Gasteiger partial charge is 0.426 e. The van der Waals surface area contributed by atoms with Gasteiger partial charge in [0.05, 0.1) is 30.0 Å². The highest BCUT2D eigenvalue weighted by atomic mass is 19.4. The number of carbonyl (C=O) groups excluding carboxylic acids is 1. The van der Waals surface area contributed by atoms with Crippen molar-refractivity contribution in [1.29, 1.82) is 0 Å². The van der Waals surface area contributed by atoms with Crippen LogP contribution in [0.15, 0.2) is 34.8 Å². The van der Waals surface area contributed by atoms with Gasteiger partial charge in [-0.05, 0) is 30.9 Å². The molecule has 3 N–H and O–H groups in total. The average Bonchev–Trinajstić information content (AvgIpc) is 3.32. The number of aromatic nitrogens is 3. The van der Waals surface area contributed by atoms with E-state index in [1.54, 1.807) is 6.08 Å². The van der Waals surface area contributed by atoms with E-state index in [0.717, 1.165) is 0 Å². The van der Waals surface area contributed by atoms with Crippen molar-refractivity contribution in [2.24, 2.45) is 0 Å². The molecule has 0 fully saturated rings. The predicted molar refractivity (Wildman–Crippen MR) is 125 cm³/mol. The number of carbonyl (C=O) groups is 2. The molecule has 0 amide bonds. The van der Waals surface area contributed by atoms with Gasteiger partial charge in [-0.2, -0.15) is 26.3 Å². The lowest BCUT2D eigenvalue weighted by Gasteiger charge is -2.32. The van der Waals surface area contributed by atoms with E-state index < -0.39 is 77.8 Å². The number of hydrogen-bond acceptors (Lipinski definition) is 8. The van der Waals surface area contributed by atoms with Crippen LogP contribution in [-0.2, 0) is 32.5 Å². The Morgan fingerprint density at radius 3 is 2.44 bits per heavy atom. The van der Waals surface area contributed by atoms with Crippen molar-refractivity contribution in [3.8, 4) is 11.6 Å². The third kappa shape index (κ3) is 7.65. The molecule has 0 aromatic carbocycles. The Morgan fingerprint density at radius 2 is 1.90 bits per heavy atom. The number of halogens is 6. The van der Waals surface area contributed by atoms with Crippen molar-refractivity contribution in [2.75, 3.05) is 12.3 Å². The molecule has 2 heterocycles. The van der Waals surface area contributed by atoms with E-state index in [-0.39, 0.29) is 12.8 Å². The lowest BCUT2D eigenvalue weighted by Crippen LogP contribution is -2.45. The maximum Gasteiger partial charge on any atom is 0.426 e. The van der Waals surface area contributed by atoms with Gasteiger partial charge in [0, 0.05) is 6.42 Å². The number of hydrogen-bond donors (Lipinski definition) is 2. The Bertz CT molecular complexity index is 1210. The summed E-state index contributed by atoms with van der Waals surface area (Å²) in [4.78, 5) is 25.5. The topological polar surface area (TPSA) is 141 Å². The molecule has 15 heteroatoms. The van der Waals surface area contributed by atoms with Crippen LogP contribution in [0.1, 0.15) is 56.2 Å². The Balaban J connectivity index is 2.65. The summed E-state index contributed by atoms with van der Waals surface area (Å²) in [5.74, 6) is -3.54. The average molecular weight is 564 g/mol. The fraction of sp³-hybridized carbons (Fsp3) is 0.458. The number of carboxylic acids is 1. The van der Waals surface area contributed by atoms with Crippen LogP contribution in [0.5, 0.6) is 0 Å². The molecular formula is C24H26F6N4O5. The van der Waals surface area contributed by atoms with Gasteiger partial charge >= 0.3 is 18.3 Å². The van der Waals surface area contributed by atoms with Crippen LogP contribution in [0.4, 0.5) is 32.0 Å². The van der Waals surface area contributed by atoms with Gasteiger partial charge in [-0.25, -0.2) is 4.98 Å². The molecule has 1 atom stereocenters. The number of rotatable bonds is 14. The Morgan fingerprint density at radius 1 is 1.21 bits per heavy atom. The number of alkyl halides is 6. The number of nitrogens with two attached hydrogens (primary N) is 1. The maximum atomic E-state index is 14.6. The zero-order valence-electron chi connectivity index (χ0n) is 20.7. The van der Waals surface area contributed by atoms with Gasteiger partial charge in [-0.1, -0.05) is 32.1 Å². The molecule has 0 bridgehead atoms. The van der Waals surface area contributed by atoms with Crippen molar-refractivity contribution in [2.45, 2.75) is 63.4 Å². The lowest BCUT2D eigenvalue weighted by molar-refractivity contribution is -0.293. The highest BCUT2D eigenvalue weighted by molar-refractivity contribution is 5.73. The van der Waals surface area contributed by atoms with Gasteiger partial charge < -0.3 is 24.8 Å². The predicted octanol–water partition coefficient (Wildman–Crippen LogP) is 5.42. The second kappa shape index (κ2) is 12.9. The van der Waals surface area contributed by atoms with Gasteiger partial charge in [0.15, 0.2) is 5.69 Å². The minimum absolute atomic E-state index is 0.242. The summed E-state index contributed by atoms with van der Waals surface area (Å²) in [5.41, 5.74) is -0.935. The second-order valence-corrected chi connectivity index (χ2v) is 8.35. The third-order valence-corrected chi connectivity index (χ3v) is 5.48. The molecule has 0 saturated carbocycles. The second-order valence-electron chi connectivity index (χ2n) is 8.35. The highest BCUT2D eigenvalue weighted by Crippen LogP contribution is 2.46. The summed E-state index contributed by atoms with van der Waals surface area (Å²) in [6.07, 6.45) is -8.05. The summed E-state index contributed by atoms with van der Waals surface area (Å²) < 4.78 is 94.4. The monoisotopic (exact) mass is 564 g/mol. The molecule has 39 heavy (non-hydrogen) atoms. The van der Waals surface area contributed by atoms with Gasteiger partial charge in [-0.3, -0.25) is 4.79 Å². The standard InChI is InChI=1S/C24H26F6N4O5/c1-3-5-8-14(4-2)13-38-22(24(28,29)30,9-6-7-10-35)21-34-33-20(39-21)19-16(31)11-15(23(25,26)27)17(32-19)12-18(36)37/h4,8,10-11H,2-3,5-7,9,12-13,31H2,1H3,(H,36,37)/b14-8+. The fourth-order valence-corrected chi connectivity index (χ4v) is 3.50. The molecule has 2 rings (SSSR count). The number of nitrogens with zero attached hydrogens (tertiary/aromatic N) is 3. The molecule has 1 unspecified atom stereocenters. The van der Waals surface area contributed by atoms with E-state index in [1.165, 1.54) is 6.08 Å². The third-order valence-electron chi connectivity index (χ3n) is 5.48. The molecule has 0 saturated heterocycles. The maximum absolute atomic E-state index is 14.6. The molecule has 0 spiro atoms. The van der Waals surface area contributed by atoms with Crippen LogP contribution in [-0.4, -0.2) is 45.3 Å². The zero-order chi connectivity index (χ0) is 29.4. The van der Waals surface area contributed by atoms with Gasteiger partial charge in [-0.15, -0.1) is 10.2 Å². The molecule has 0 radical (unpaired) electrons. The van der Waals surface area contributed by atoms with Crippen molar-refractivity contribution >= 4 is 17.9 Å². The fourth-order valence-electron chi connectivity index (χ4n) is 3.50. The number of ether oxygens (including phenoxy) is 1. The van der Waals surface area contributed by atoms with Gasteiger partial charge in [0.25, 0.3) is 11.8 Å². The van der Waals surface area contributed by atoms with Crippen LogP contribution >= 0.6 is 0 Å². The van der Waals surface area contributed by atoms with Gasteiger partial charge in [0.2, 0.25) is 5.60 Å². The molecule has 9 nitrogen and oxygen atoms in total.